The third-order valence-electron chi connectivity index (χ3n) is 4.15. The minimum absolute atomic E-state index is 0.419. The number of likely N-dealkylation sites (tertiary alicyclic amines) is 1. The number of aliphatic hydroxyl groups is 1. The van der Waals surface area contributed by atoms with E-state index >= 15 is 0 Å². The molecule has 0 aromatic carbocycles. The molecule has 1 aliphatic carbocycles. The van der Waals surface area contributed by atoms with Crippen molar-refractivity contribution in [1.29, 1.82) is 0 Å². The van der Waals surface area contributed by atoms with E-state index in [1.165, 1.54) is 38.6 Å². The fraction of sp³-hybridized carbons (Fsp3) is 1.00. The molecule has 1 aliphatic heterocycles. The van der Waals surface area contributed by atoms with E-state index in [1.54, 1.807) is 0 Å². The van der Waals surface area contributed by atoms with Crippen LogP contribution in [0.25, 0.3) is 0 Å². The number of hydrogen-bond acceptors (Lipinski definition) is 3. The van der Waals surface area contributed by atoms with Crippen LogP contribution in [-0.4, -0.2) is 48.3 Å². The molecule has 2 aliphatic rings. The Kier molecular flexibility index (Phi) is 4.22. The lowest BCUT2D eigenvalue weighted by Gasteiger charge is -2.28. The second-order valence-electron chi connectivity index (χ2n) is 5.77. The van der Waals surface area contributed by atoms with Crippen molar-refractivity contribution in [3.05, 3.63) is 0 Å². The van der Waals surface area contributed by atoms with Crippen molar-refractivity contribution >= 4 is 0 Å². The Hall–Kier alpha value is -0.120. The maximum atomic E-state index is 10.5. The van der Waals surface area contributed by atoms with Crippen LogP contribution < -0.4 is 5.32 Å². The predicted molar refractivity (Wildman–Crippen MR) is 66.6 cm³/mol. The fourth-order valence-electron chi connectivity index (χ4n) is 3.00. The lowest BCUT2D eigenvalue weighted by Crippen LogP contribution is -2.45. The van der Waals surface area contributed by atoms with Gasteiger partial charge in [0.1, 0.15) is 0 Å². The van der Waals surface area contributed by atoms with Gasteiger partial charge in [0, 0.05) is 19.1 Å². The third kappa shape index (κ3) is 3.44. The first kappa shape index (κ1) is 12.3. The van der Waals surface area contributed by atoms with Gasteiger partial charge < -0.3 is 15.3 Å². The van der Waals surface area contributed by atoms with E-state index < -0.39 is 5.60 Å². The van der Waals surface area contributed by atoms with E-state index in [9.17, 15) is 5.11 Å². The molecule has 3 nitrogen and oxygen atoms in total. The van der Waals surface area contributed by atoms with Crippen LogP contribution in [0.3, 0.4) is 0 Å². The summed E-state index contributed by atoms with van der Waals surface area (Å²) in [6.07, 6.45) is 8.20. The van der Waals surface area contributed by atoms with Gasteiger partial charge in [-0.25, -0.2) is 0 Å². The lowest BCUT2D eigenvalue weighted by molar-refractivity contribution is 0.0230. The zero-order valence-electron chi connectivity index (χ0n) is 10.5. The van der Waals surface area contributed by atoms with Gasteiger partial charge in [-0.1, -0.05) is 25.7 Å². The molecule has 1 unspecified atom stereocenters. The quantitative estimate of drug-likeness (QED) is 0.713. The van der Waals surface area contributed by atoms with Crippen LogP contribution in [0.1, 0.15) is 44.9 Å². The van der Waals surface area contributed by atoms with Crippen LogP contribution in [0, 0.1) is 0 Å². The minimum atomic E-state index is -0.419. The molecule has 0 radical (unpaired) electrons. The fourth-order valence-corrected chi connectivity index (χ4v) is 3.00. The molecular weight excluding hydrogens is 200 g/mol. The normalized spacial score (nSPS) is 31.5. The van der Waals surface area contributed by atoms with Crippen LogP contribution >= 0.6 is 0 Å². The first-order valence-electron chi connectivity index (χ1n) is 6.82. The molecule has 0 aromatic rings. The zero-order chi connectivity index (χ0) is 11.4. The standard InChI is InChI=1S/C13H26N2O/c1-15-9-6-12(10-15)14-11-13(16)7-4-2-3-5-8-13/h12,14,16H,2-11H2,1H3. The number of nitrogens with one attached hydrogen (secondary N) is 1. The van der Waals surface area contributed by atoms with Crippen LogP contribution in [0.15, 0.2) is 0 Å². The SMILES string of the molecule is CN1CCC(NCC2(O)CCCCCC2)C1. The summed E-state index contributed by atoms with van der Waals surface area (Å²) in [5.41, 5.74) is -0.419. The Morgan fingerprint density at radius 2 is 1.94 bits per heavy atom. The van der Waals surface area contributed by atoms with E-state index in [0.29, 0.717) is 6.04 Å². The van der Waals surface area contributed by atoms with E-state index in [4.69, 9.17) is 0 Å². The summed E-state index contributed by atoms with van der Waals surface area (Å²) in [4.78, 5) is 2.36. The van der Waals surface area contributed by atoms with E-state index in [-0.39, 0.29) is 0 Å². The number of hydrogen-bond donors (Lipinski definition) is 2. The topological polar surface area (TPSA) is 35.5 Å². The molecule has 1 saturated carbocycles. The van der Waals surface area contributed by atoms with Gasteiger partial charge >= 0.3 is 0 Å². The summed E-state index contributed by atoms with van der Waals surface area (Å²) in [6.45, 7) is 3.12. The molecule has 1 saturated heterocycles. The monoisotopic (exact) mass is 226 g/mol. The average Bonchev–Trinajstić information content (AvgIpc) is 2.54. The van der Waals surface area contributed by atoms with E-state index in [1.807, 2.05) is 0 Å². The molecule has 2 rings (SSSR count). The van der Waals surface area contributed by atoms with Gasteiger partial charge in [0.2, 0.25) is 0 Å². The van der Waals surface area contributed by atoms with Gasteiger partial charge in [0.15, 0.2) is 0 Å². The summed E-state index contributed by atoms with van der Waals surface area (Å²) < 4.78 is 0. The minimum Gasteiger partial charge on any atom is -0.389 e. The highest BCUT2D eigenvalue weighted by Crippen LogP contribution is 2.26. The molecular formula is C13H26N2O. The first-order chi connectivity index (χ1) is 7.68. The molecule has 1 atom stereocenters. The van der Waals surface area contributed by atoms with Gasteiger partial charge in [-0.05, 0) is 32.9 Å². The molecule has 2 fully saturated rings. The lowest BCUT2D eigenvalue weighted by atomic mass is 9.94. The molecule has 2 N–H and O–H groups in total. The van der Waals surface area contributed by atoms with Crippen LogP contribution in [-0.2, 0) is 0 Å². The third-order valence-corrected chi connectivity index (χ3v) is 4.15. The summed E-state index contributed by atoms with van der Waals surface area (Å²) in [7, 11) is 2.17. The molecule has 0 bridgehead atoms. The highest BCUT2D eigenvalue weighted by molar-refractivity contribution is 4.87. The first-order valence-corrected chi connectivity index (χ1v) is 6.82. The highest BCUT2D eigenvalue weighted by Gasteiger charge is 2.29. The molecule has 3 heteroatoms. The Morgan fingerprint density at radius 3 is 2.50 bits per heavy atom. The van der Waals surface area contributed by atoms with Crippen LogP contribution in [0.2, 0.25) is 0 Å². The van der Waals surface area contributed by atoms with Gasteiger partial charge in [-0.2, -0.15) is 0 Å². The summed E-state index contributed by atoms with van der Waals surface area (Å²) in [6, 6.07) is 0.595. The Morgan fingerprint density at radius 1 is 1.25 bits per heavy atom. The van der Waals surface area contributed by atoms with Gasteiger partial charge in [0.25, 0.3) is 0 Å². The maximum absolute atomic E-state index is 10.5. The highest BCUT2D eigenvalue weighted by atomic mass is 16.3. The second kappa shape index (κ2) is 5.48. The summed E-state index contributed by atoms with van der Waals surface area (Å²) >= 11 is 0. The summed E-state index contributed by atoms with van der Waals surface area (Å²) in [5.74, 6) is 0. The van der Waals surface area contributed by atoms with E-state index in [2.05, 4.69) is 17.3 Å². The van der Waals surface area contributed by atoms with E-state index in [0.717, 1.165) is 25.9 Å². The van der Waals surface area contributed by atoms with Crippen molar-refractivity contribution in [2.24, 2.45) is 0 Å². The Bertz CT molecular complexity index is 212. The Labute approximate surface area is 99.2 Å². The molecule has 0 spiro atoms. The Balaban J connectivity index is 1.74. The van der Waals surface area contributed by atoms with Gasteiger partial charge in [-0.15, -0.1) is 0 Å². The molecule has 94 valence electrons. The molecule has 0 amide bonds. The molecule has 1 heterocycles. The van der Waals surface area contributed by atoms with Crippen molar-refractivity contribution in [2.75, 3.05) is 26.7 Å². The zero-order valence-corrected chi connectivity index (χ0v) is 10.5. The average molecular weight is 226 g/mol. The maximum Gasteiger partial charge on any atom is 0.0771 e. The predicted octanol–water partition coefficient (Wildman–Crippen LogP) is 1.37. The molecule has 0 aromatic heterocycles. The number of likely N-dealkylation sites (N-methyl/N-ethyl adjacent to an activating group) is 1. The number of nitrogens with zero attached hydrogens (tertiary/aromatic N) is 1. The number of rotatable bonds is 3. The smallest absolute Gasteiger partial charge is 0.0771 e. The van der Waals surface area contributed by atoms with Crippen molar-refractivity contribution in [2.45, 2.75) is 56.6 Å². The van der Waals surface area contributed by atoms with Crippen LogP contribution in [0.4, 0.5) is 0 Å². The largest absolute Gasteiger partial charge is 0.389 e. The van der Waals surface area contributed by atoms with Crippen LogP contribution in [0.5, 0.6) is 0 Å². The van der Waals surface area contributed by atoms with Gasteiger partial charge in [-0.3, -0.25) is 0 Å². The van der Waals surface area contributed by atoms with Crippen molar-refractivity contribution < 1.29 is 5.11 Å². The second-order valence-corrected chi connectivity index (χ2v) is 5.77. The molecule has 16 heavy (non-hydrogen) atoms. The van der Waals surface area contributed by atoms with Gasteiger partial charge in [0.05, 0.1) is 5.60 Å². The van der Waals surface area contributed by atoms with Crippen molar-refractivity contribution in [3.63, 3.8) is 0 Å². The van der Waals surface area contributed by atoms with Crippen molar-refractivity contribution in [3.8, 4) is 0 Å². The van der Waals surface area contributed by atoms with Crippen molar-refractivity contribution in [1.82, 2.24) is 10.2 Å². The summed E-state index contributed by atoms with van der Waals surface area (Å²) in [5, 5.41) is 14.1.